The van der Waals surface area contributed by atoms with Crippen LogP contribution in [-0.4, -0.2) is 17.6 Å². The SMILES string of the molecule is O=C(COc1ccc(Br)cc1Br)NC(=S)NCc1ccccc1. The molecule has 0 radical (unpaired) electrons. The molecule has 7 heteroatoms. The van der Waals surface area contributed by atoms with Crippen molar-refractivity contribution in [2.24, 2.45) is 0 Å². The number of benzene rings is 2. The van der Waals surface area contributed by atoms with E-state index >= 15 is 0 Å². The van der Waals surface area contributed by atoms with E-state index in [-0.39, 0.29) is 17.6 Å². The highest BCUT2D eigenvalue weighted by atomic mass is 79.9. The first kappa shape index (κ1) is 17.9. The van der Waals surface area contributed by atoms with Gasteiger partial charge >= 0.3 is 0 Å². The summed E-state index contributed by atoms with van der Waals surface area (Å²) in [5.41, 5.74) is 1.08. The van der Waals surface area contributed by atoms with Gasteiger partial charge in [-0.05, 0) is 51.9 Å². The zero-order chi connectivity index (χ0) is 16.7. The molecule has 120 valence electrons. The zero-order valence-corrected chi connectivity index (χ0v) is 16.0. The van der Waals surface area contributed by atoms with Crippen molar-refractivity contribution in [1.82, 2.24) is 10.6 Å². The van der Waals surface area contributed by atoms with Gasteiger partial charge in [-0.3, -0.25) is 4.79 Å². The fraction of sp³-hybridized carbons (Fsp3) is 0.125. The molecule has 0 atom stereocenters. The number of carbonyl (C=O) groups is 1. The first-order chi connectivity index (χ1) is 11.0. The van der Waals surface area contributed by atoms with Crippen LogP contribution in [-0.2, 0) is 11.3 Å². The molecule has 23 heavy (non-hydrogen) atoms. The minimum atomic E-state index is -0.314. The summed E-state index contributed by atoms with van der Waals surface area (Å²) in [5.74, 6) is 0.275. The summed E-state index contributed by atoms with van der Waals surface area (Å²) in [4.78, 5) is 11.8. The molecule has 0 aliphatic carbocycles. The van der Waals surface area contributed by atoms with Crippen molar-refractivity contribution < 1.29 is 9.53 Å². The quantitative estimate of drug-likeness (QED) is 0.671. The van der Waals surface area contributed by atoms with Crippen LogP contribution in [0.15, 0.2) is 57.5 Å². The second-order valence-corrected chi connectivity index (χ2v) is 6.76. The van der Waals surface area contributed by atoms with Crippen LogP contribution >= 0.6 is 44.1 Å². The fourth-order valence-corrected chi connectivity index (χ4v) is 3.07. The number of halogens is 2. The third-order valence-electron chi connectivity index (χ3n) is 2.80. The zero-order valence-electron chi connectivity index (χ0n) is 12.0. The highest BCUT2D eigenvalue weighted by Crippen LogP contribution is 2.27. The maximum absolute atomic E-state index is 11.8. The molecule has 4 nitrogen and oxygen atoms in total. The number of ether oxygens (including phenoxy) is 1. The molecule has 0 aliphatic heterocycles. The van der Waals surface area contributed by atoms with Crippen molar-refractivity contribution >= 4 is 55.1 Å². The van der Waals surface area contributed by atoms with E-state index in [9.17, 15) is 4.79 Å². The summed E-state index contributed by atoms with van der Waals surface area (Å²) < 4.78 is 7.14. The molecule has 1 amide bonds. The Labute approximate surface area is 156 Å². The van der Waals surface area contributed by atoms with E-state index in [1.54, 1.807) is 6.07 Å². The average Bonchev–Trinajstić information content (AvgIpc) is 2.53. The highest BCUT2D eigenvalue weighted by Gasteiger charge is 2.08. The molecule has 2 N–H and O–H groups in total. The average molecular weight is 458 g/mol. The summed E-state index contributed by atoms with van der Waals surface area (Å²) in [6.07, 6.45) is 0. The summed E-state index contributed by atoms with van der Waals surface area (Å²) in [7, 11) is 0. The molecule has 2 rings (SSSR count). The van der Waals surface area contributed by atoms with Crippen molar-refractivity contribution in [3.8, 4) is 5.75 Å². The lowest BCUT2D eigenvalue weighted by molar-refractivity contribution is -0.121. The largest absolute Gasteiger partial charge is 0.483 e. The Hall–Kier alpha value is -1.44. The number of hydrogen-bond acceptors (Lipinski definition) is 3. The van der Waals surface area contributed by atoms with Crippen LogP contribution in [0.25, 0.3) is 0 Å². The van der Waals surface area contributed by atoms with Gasteiger partial charge in [-0.25, -0.2) is 0 Å². The Morgan fingerprint density at radius 1 is 1.13 bits per heavy atom. The molecule has 2 aromatic rings. The lowest BCUT2D eigenvalue weighted by Crippen LogP contribution is -2.41. The number of thiocarbonyl (C=S) groups is 1. The van der Waals surface area contributed by atoms with Crippen LogP contribution < -0.4 is 15.4 Å². The van der Waals surface area contributed by atoms with Gasteiger partial charge in [0.05, 0.1) is 4.47 Å². The molecule has 0 bridgehead atoms. The van der Waals surface area contributed by atoms with Gasteiger partial charge in [0.1, 0.15) is 5.75 Å². The topological polar surface area (TPSA) is 50.4 Å². The van der Waals surface area contributed by atoms with Gasteiger partial charge in [-0.15, -0.1) is 0 Å². The van der Waals surface area contributed by atoms with Gasteiger partial charge in [-0.1, -0.05) is 46.3 Å². The number of nitrogens with one attached hydrogen (secondary N) is 2. The summed E-state index contributed by atoms with van der Waals surface area (Å²) in [6, 6.07) is 15.3. The molecule has 0 aliphatic rings. The second-order valence-electron chi connectivity index (χ2n) is 4.58. The normalized spacial score (nSPS) is 10.0. The smallest absolute Gasteiger partial charge is 0.264 e. The molecule has 0 fully saturated rings. The lowest BCUT2D eigenvalue weighted by atomic mass is 10.2. The Balaban J connectivity index is 1.74. The molecule has 0 saturated heterocycles. The molecule has 0 heterocycles. The number of carbonyl (C=O) groups excluding carboxylic acids is 1. The van der Waals surface area contributed by atoms with Gasteiger partial charge in [-0.2, -0.15) is 0 Å². The minimum Gasteiger partial charge on any atom is -0.483 e. The van der Waals surface area contributed by atoms with E-state index < -0.39 is 0 Å². The van der Waals surface area contributed by atoms with Crippen LogP contribution in [0, 0.1) is 0 Å². The molecular formula is C16H14Br2N2O2S. The van der Waals surface area contributed by atoms with Crippen LogP contribution in [0.3, 0.4) is 0 Å². The van der Waals surface area contributed by atoms with E-state index in [1.165, 1.54) is 0 Å². The van der Waals surface area contributed by atoms with E-state index in [1.807, 2.05) is 42.5 Å². The van der Waals surface area contributed by atoms with Crippen molar-refractivity contribution in [3.05, 3.63) is 63.0 Å². The first-order valence-electron chi connectivity index (χ1n) is 6.74. The predicted octanol–water partition coefficient (Wildman–Crippen LogP) is 3.78. The van der Waals surface area contributed by atoms with E-state index in [0.717, 1.165) is 14.5 Å². The van der Waals surface area contributed by atoms with Crippen LogP contribution in [0.2, 0.25) is 0 Å². The molecule has 0 spiro atoms. The van der Waals surface area contributed by atoms with Gasteiger partial charge < -0.3 is 15.4 Å². The van der Waals surface area contributed by atoms with E-state index in [4.69, 9.17) is 17.0 Å². The second kappa shape index (κ2) is 9.00. The van der Waals surface area contributed by atoms with Gasteiger partial charge in [0.25, 0.3) is 5.91 Å². The molecular weight excluding hydrogens is 444 g/mol. The molecule has 0 unspecified atom stereocenters. The Bertz CT molecular complexity index is 696. The fourth-order valence-electron chi connectivity index (χ4n) is 1.72. The number of amides is 1. The van der Waals surface area contributed by atoms with Gasteiger partial charge in [0.15, 0.2) is 11.7 Å². The van der Waals surface area contributed by atoms with Crippen molar-refractivity contribution in [1.29, 1.82) is 0 Å². The maximum Gasteiger partial charge on any atom is 0.264 e. The standard InChI is InChI=1S/C16H14Br2N2O2S/c17-12-6-7-14(13(18)8-12)22-10-15(21)20-16(23)19-9-11-4-2-1-3-5-11/h1-8H,9-10H2,(H2,19,20,21,23). The number of rotatable bonds is 5. The van der Waals surface area contributed by atoms with Crippen molar-refractivity contribution in [2.45, 2.75) is 6.54 Å². The Morgan fingerprint density at radius 3 is 2.57 bits per heavy atom. The van der Waals surface area contributed by atoms with Crippen LogP contribution in [0.4, 0.5) is 0 Å². The third kappa shape index (κ3) is 6.29. The Kier molecular flexibility index (Phi) is 7.01. The van der Waals surface area contributed by atoms with Crippen LogP contribution in [0.5, 0.6) is 5.75 Å². The summed E-state index contributed by atoms with van der Waals surface area (Å²) in [6.45, 7) is 0.437. The third-order valence-corrected chi connectivity index (χ3v) is 4.16. The first-order valence-corrected chi connectivity index (χ1v) is 8.73. The summed E-state index contributed by atoms with van der Waals surface area (Å²) >= 11 is 11.8. The van der Waals surface area contributed by atoms with Crippen molar-refractivity contribution in [3.63, 3.8) is 0 Å². The molecule has 0 saturated carbocycles. The van der Waals surface area contributed by atoms with E-state index in [0.29, 0.717) is 12.3 Å². The summed E-state index contributed by atoms with van der Waals surface area (Å²) in [5, 5.41) is 5.83. The number of hydrogen-bond donors (Lipinski definition) is 2. The van der Waals surface area contributed by atoms with Crippen LogP contribution in [0.1, 0.15) is 5.56 Å². The van der Waals surface area contributed by atoms with Gasteiger partial charge in [0.2, 0.25) is 0 Å². The molecule has 2 aromatic carbocycles. The van der Waals surface area contributed by atoms with Crippen molar-refractivity contribution in [2.75, 3.05) is 6.61 Å². The lowest BCUT2D eigenvalue weighted by Gasteiger charge is -2.11. The maximum atomic E-state index is 11.8. The molecule has 0 aromatic heterocycles. The monoisotopic (exact) mass is 456 g/mol. The predicted molar refractivity (Wildman–Crippen MR) is 101 cm³/mol. The van der Waals surface area contributed by atoms with E-state index in [2.05, 4.69) is 42.5 Å². The highest BCUT2D eigenvalue weighted by molar-refractivity contribution is 9.11. The van der Waals surface area contributed by atoms with Gasteiger partial charge in [0, 0.05) is 11.0 Å². The Morgan fingerprint density at radius 2 is 1.87 bits per heavy atom. The minimum absolute atomic E-state index is 0.118.